The highest BCUT2D eigenvalue weighted by Gasteiger charge is 2.15. The number of hydrogen-bond donors (Lipinski definition) is 2. The van der Waals surface area contributed by atoms with Gasteiger partial charge in [0.25, 0.3) is 0 Å². The van der Waals surface area contributed by atoms with E-state index in [-0.39, 0.29) is 18.5 Å². The molecule has 0 saturated heterocycles. The van der Waals surface area contributed by atoms with Gasteiger partial charge in [-0.1, -0.05) is 0 Å². The molecule has 18 heavy (non-hydrogen) atoms. The predicted octanol–water partition coefficient (Wildman–Crippen LogP) is 0.976. The van der Waals surface area contributed by atoms with Crippen LogP contribution in [0.25, 0.3) is 0 Å². The average Bonchev–Trinajstić information content (AvgIpc) is 2.28. The number of nitrogens with two attached hydrogens (primary N) is 2. The van der Waals surface area contributed by atoms with Crippen molar-refractivity contribution in [1.82, 2.24) is 9.88 Å². The Bertz CT molecular complexity index is 443. The molecule has 0 spiro atoms. The van der Waals surface area contributed by atoms with E-state index in [9.17, 15) is 4.79 Å². The first-order valence-corrected chi connectivity index (χ1v) is 6.05. The van der Waals surface area contributed by atoms with Crippen molar-refractivity contribution in [2.75, 3.05) is 12.3 Å². The fourth-order valence-electron chi connectivity index (χ4n) is 1.77. The predicted molar refractivity (Wildman–Crippen MR) is 72.9 cm³/mol. The quantitative estimate of drug-likeness (QED) is 0.815. The van der Waals surface area contributed by atoms with Gasteiger partial charge in [0, 0.05) is 24.5 Å². The third-order valence-electron chi connectivity index (χ3n) is 3.12. The Balaban J connectivity index is 2.94. The van der Waals surface area contributed by atoms with Crippen LogP contribution in [0.1, 0.15) is 30.7 Å². The summed E-state index contributed by atoms with van der Waals surface area (Å²) in [5.41, 5.74) is 14.9. The fourth-order valence-corrected chi connectivity index (χ4v) is 1.77. The number of nitrogen functional groups attached to an aromatic ring is 1. The highest BCUT2D eigenvalue weighted by Crippen LogP contribution is 2.19. The fraction of sp³-hybridized carbons (Fsp3) is 0.538. The zero-order valence-corrected chi connectivity index (χ0v) is 11.5. The van der Waals surface area contributed by atoms with Crippen LogP contribution in [0.2, 0.25) is 0 Å². The minimum Gasteiger partial charge on any atom is -0.398 e. The summed E-state index contributed by atoms with van der Waals surface area (Å²) in [5.74, 6) is -0.332. The van der Waals surface area contributed by atoms with Crippen molar-refractivity contribution < 1.29 is 4.79 Å². The van der Waals surface area contributed by atoms with Gasteiger partial charge in [-0.15, -0.1) is 0 Å². The van der Waals surface area contributed by atoms with E-state index in [4.69, 9.17) is 11.5 Å². The Morgan fingerprint density at radius 3 is 2.56 bits per heavy atom. The van der Waals surface area contributed by atoms with Gasteiger partial charge in [0.1, 0.15) is 0 Å². The first-order valence-electron chi connectivity index (χ1n) is 6.05. The molecule has 1 rings (SSSR count). The van der Waals surface area contributed by atoms with E-state index in [0.717, 1.165) is 22.5 Å². The minimum atomic E-state index is -0.332. The standard InChI is InChI=1S/C13H22N4O/c1-8(2)17(7-12(14)18)6-11-10(4)13(15)9(3)5-16-11/h5,8H,6-7H2,1-4H3,(H2,14,18)(H2,15,16). The molecule has 0 unspecified atom stereocenters. The van der Waals surface area contributed by atoms with Crippen molar-refractivity contribution in [3.63, 3.8) is 0 Å². The van der Waals surface area contributed by atoms with Crippen LogP contribution in [-0.2, 0) is 11.3 Å². The maximum absolute atomic E-state index is 11.0. The third-order valence-corrected chi connectivity index (χ3v) is 3.12. The van der Waals surface area contributed by atoms with E-state index < -0.39 is 0 Å². The molecule has 4 N–H and O–H groups in total. The molecule has 0 aliphatic heterocycles. The lowest BCUT2D eigenvalue weighted by atomic mass is 10.1. The molecule has 5 nitrogen and oxygen atoms in total. The monoisotopic (exact) mass is 250 g/mol. The Morgan fingerprint density at radius 2 is 2.06 bits per heavy atom. The van der Waals surface area contributed by atoms with Gasteiger partial charge < -0.3 is 11.5 Å². The first kappa shape index (κ1) is 14.4. The number of pyridine rings is 1. The van der Waals surface area contributed by atoms with E-state index in [1.807, 2.05) is 32.6 Å². The molecule has 5 heteroatoms. The van der Waals surface area contributed by atoms with Crippen molar-refractivity contribution in [2.24, 2.45) is 5.73 Å². The van der Waals surface area contributed by atoms with Crippen LogP contribution in [0.5, 0.6) is 0 Å². The number of amides is 1. The molecular weight excluding hydrogens is 228 g/mol. The summed E-state index contributed by atoms with van der Waals surface area (Å²) >= 11 is 0. The summed E-state index contributed by atoms with van der Waals surface area (Å²) in [7, 11) is 0. The molecule has 0 bridgehead atoms. The van der Waals surface area contributed by atoms with E-state index in [1.165, 1.54) is 0 Å². The zero-order valence-electron chi connectivity index (χ0n) is 11.5. The first-order chi connectivity index (χ1) is 8.32. The van der Waals surface area contributed by atoms with Crippen molar-refractivity contribution in [2.45, 2.75) is 40.3 Å². The van der Waals surface area contributed by atoms with Crippen LogP contribution in [0.3, 0.4) is 0 Å². The summed E-state index contributed by atoms with van der Waals surface area (Å²) in [6.07, 6.45) is 1.76. The maximum Gasteiger partial charge on any atom is 0.231 e. The summed E-state index contributed by atoms with van der Waals surface area (Å²) in [6.45, 7) is 8.74. The molecule has 0 aliphatic carbocycles. The van der Waals surface area contributed by atoms with Gasteiger partial charge in [-0.05, 0) is 38.8 Å². The number of carbonyl (C=O) groups is 1. The van der Waals surface area contributed by atoms with Crippen molar-refractivity contribution in [3.8, 4) is 0 Å². The van der Waals surface area contributed by atoms with E-state index in [0.29, 0.717) is 6.54 Å². The third kappa shape index (κ3) is 3.43. The molecular formula is C13H22N4O. The lowest BCUT2D eigenvalue weighted by molar-refractivity contribution is -0.119. The summed E-state index contributed by atoms with van der Waals surface area (Å²) in [6, 6.07) is 0.223. The van der Waals surface area contributed by atoms with Crippen molar-refractivity contribution >= 4 is 11.6 Å². The van der Waals surface area contributed by atoms with Crippen molar-refractivity contribution in [1.29, 1.82) is 0 Å². The van der Waals surface area contributed by atoms with Crippen LogP contribution >= 0.6 is 0 Å². The zero-order chi connectivity index (χ0) is 13.9. The Hall–Kier alpha value is -1.62. The van der Waals surface area contributed by atoms with Crippen LogP contribution < -0.4 is 11.5 Å². The second-order valence-electron chi connectivity index (χ2n) is 4.89. The van der Waals surface area contributed by atoms with Crippen LogP contribution in [-0.4, -0.2) is 28.4 Å². The Morgan fingerprint density at radius 1 is 1.44 bits per heavy atom. The smallest absolute Gasteiger partial charge is 0.231 e. The summed E-state index contributed by atoms with van der Waals surface area (Å²) in [5, 5.41) is 0. The van der Waals surface area contributed by atoms with Gasteiger partial charge in [-0.2, -0.15) is 0 Å². The molecule has 0 radical (unpaired) electrons. The number of nitrogens with zero attached hydrogens (tertiary/aromatic N) is 2. The van der Waals surface area contributed by atoms with Crippen LogP contribution in [0, 0.1) is 13.8 Å². The van der Waals surface area contributed by atoms with Crippen molar-refractivity contribution in [3.05, 3.63) is 23.0 Å². The SMILES string of the molecule is Cc1cnc(CN(CC(N)=O)C(C)C)c(C)c1N. The number of aromatic nitrogens is 1. The molecule has 0 aliphatic rings. The molecule has 1 aromatic rings. The lowest BCUT2D eigenvalue weighted by Crippen LogP contribution is -2.38. The topological polar surface area (TPSA) is 85.2 Å². The van der Waals surface area contributed by atoms with Crippen LogP contribution in [0.4, 0.5) is 5.69 Å². The maximum atomic E-state index is 11.0. The molecule has 0 fully saturated rings. The highest BCUT2D eigenvalue weighted by molar-refractivity contribution is 5.76. The van der Waals surface area contributed by atoms with Gasteiger partial charge in [0.05, 0.1) is 12.2 Å². The number of anilines is 1. The van der Waals surface area contributed by atoms with E-state index >= 15 is 0 Å². The molecule has 1 amide bonds. The second-order valence-corrected chi connectivity index (χ2v) is 4.89. The van der Waals surface area contributed by atoms with Crippen LogP contribution in [0.15, 0.2) is 6.20 Å². The van der Waals surface area contributed by atoms with Gasteiger partial charge in [0.2, 0.25) is 5.91 Å². The van der Waals surface area contributed by atoms with Gasteiger partial charge in [-0.25, -0.2) is 0 Å². The lowest BCUT2D eigenvalue weighted by Gasteiger charge is -2.25. The van der Waals surface area contributed by atoms with E-state index in [1.54, 1.807) is 6.20 Å². The minimum absolute atomic E-state index is 0.223. The Labute approximate surface area is 108 Å². The number of aryl methyl sites for hydroxylation is 1. The molecule has 0 atom stereocenters. The molecule has 100 valence electrons. The highest BCUT2D eigenvalue weighted by atomic mass is 16.1. The number of rotatable bonds is 5. The number of carbonyl (C=O) groups excluding carboxylic acids is 1. The Kier molecular flexibility index (Phi) is 4.67. The summed E-state index contributed by atoms with van der Waals surface area (Å²) in [4.78, 5) is 17.4. The molecule has 0 aromatic carbocycles. The largest absolute Gasteiger partial charge is 0.398 e. The van der Waals surface area contributed by atoms with Gasteiger partial charge >= 0.3 is 0 Å². The molecule has 0 saturated carbocycles. The average molecular weight is 250 g/mol. The van der Waals surface area contributed by atoms with Gasteiger partial charge in [-0.3, -0.25) is 14.7 Å². The van der Waals surface area contributed by atoms with E-state index in [2.05, 4.69) is 4.98 Å². The van der Waals surface area contributed by atoms with Gasteiger partial charge in [0.15, 0.2) is 0 Å². The summed E-state index contributed by atoms with van der Waals surface area (Å²) < 4.78 is 0. The number of primary amides is 1. The normalized spacial score (nSPS) is 11.2. The molecule has 1 aromatic heterocycles. The second kappa shape index (κ2) is 5.82. The number of hydrogen-bond acceptors (Lipinski definition) is 4. The molecule has 1 heterocycles.